The highest BCUT2D eigenvalue weighted by molar-refractivity contribution is 5.84. The van der Waals surface area contributed by atoms with Gasteiger partial charge in [-0.15, -0.1) is 0 Å². The van der Waals surface area contributed by atoms with Crippen molar-refractivity contribution < 1.29 is 36.2 Å². The number of piperazine rings is 1. The number of nitrogens with zero attached hydrogens (tertiary/aromatic N) is 4. The van der Waals surface area contributed by atoms with Gasteiger partial charge in [-0.1, -0.05) is 0 Å². The Kier molecular flexibility index (Phi) is 7.31. The average molecular weight is 534 g/mol. The molecular formula is C24H32F5N5O3. The fourth-order valence-electron chi connectivity index (χ4n) is 6.58. The van der Waals surface area contributed by atoms with Crippen LogP contribution in [0.1, 0.15) is 44.2 Å². The minimum absolute atomic E-state index is 0.0222. The molecular weight excluding hydrogens is 501 g/mol. The summed E-state index contributed by atoms with van der Waals surface area (Å²) < 4.78 is 77.8. The number of methoxy groups -OCH3 is 1. The predicted molar refractivity (Wildman–Crippen MR) is 122 cm³/mol. The fraction of sp³-hybridized carbons (Fsp3) is 0.792. The van der Waals surface area contributed by atoms with Crippen LogP contribution in [0.15, 0.2) is 12.3 Å². The van der Waals surface area contributed by atoms with Gasteiger partial charge in [-0.05, 0) is 38.2 Å². The second kappa shape index (κ2) is 10.2. The quantitative estimate of drug-likeness (QED) is 0.540. The zero-order chi connectivity index (χ0) is 26.4. The van der Waals surface area contributed by atoms with E-state index < -0.39 is 30.1 Å². The summed E-state index contributed by atoms with van der Waals surface area (Å²) in [6, 6.07) is 0.247. The van der Waals surface area contributed by atoms with Crippen molar-refractivity contribution in [2.24, 2.45) is 5.41 Å². The van der Waals surface area contributed by atoms with Crippen molar-refractivity contribution >= 4 is 11.9 Å². The first-order valence-corrected chi connectivity index (χ1v) is 12.7. The molecule has 1 amide bonds. The molecule has 0 radical (unpaired) electrons. The Hall–Kier alpha value is -2.12. The van der Waals surface area contributed by atoms with Gasteiger partial charge in [0, 0.05) is 51.5 Å². The summed E-state index contributed by atoms with van der Waals surface area (Å²) in [5, 5.41) is 3.53. The molecule has 1 saturated carbocycles. The predicted octanol–water partition coefficient (Wildman–Crippen LogP) is 2.87. The summed E-state index contributed by atoms with van der Waals surface area (Å²) in [5.74, 6) is -0.296. The van der Waals surface area contributed by atoms with Gasteiger partial charge in [0.1, 0.15) is 5.69 Å². The van der Waals surface area contributed by atoms with Gasteiger partial charge in [-0.2, -0.15) is 13.2 Å². The third-order valence-electron chi connectivity index (χ3n) is 8.36. The van der Waals surface area contributed by atoms with Crippen LogP contribution in [0.25, 0.3) is 0 Å². The van der Waals surface area contributed by atoms with E-state index in [0.29, 0.717) is 38.9 Å². The zero-order valence-corrected chi connectivity index (χ0v) is 20.6. The Morgan fingerprint density at radius 3 is 2.78 bits per heavy atom. The minimum Gasteiger partial charge on any atom is -0.379 e. The summed E-state index contributed by atoms with van der Waals surface area (Å²) in [7, 11) is 1.61. The molecule has 206 valence electrons. The van der Waals surface area contributed by atoms with Crippen molar-refractivity contribution in [1.82, 2.24) is 20.2 Å². The highest BCUT2D eigenvalue weighted by atomic mass is 19.4. The maximum Gasteiger partial charge on any atom is 0.433 e. The number of ether oxygens (including phenoxy) is 2. The Labute approximate surface area is 211 Å². The Morgan fingerprint density at radius 2 is 2.11 bits per heavy atom. The van der Waals surface area contributed by atoms with Gasteiger partial charge in [-0.25, -0.2) is 18.7 Å². The van der Waals surface area contributed by atoms with Crippen molar-refractivity contribution in [2.45, 2.75) is 81.4 Å². The molecule has 0 aromatic carbocycles. The van der Waals surface area contributed by atoms with Crippen LogP contribution < -0.4 is 10.2 Å². The van der Waals surface area contributed by atoms with Crippen LogP contribution in [0.3, 0.4) is 0 Å². The van der Waals surface area contributed by atoms with Crippen LogP contribution in [0.5, 0.6) is 0 Å². The lowest BCUT2D eigenvalue weighted by Gasteiger charge is -2.40. The summed E-state index contributed by atoms with van der Waals surface area (Å²) in [5.41, 5.74) is -2.18. The zero-order valence-electron chi connectivity index (χ0n) is 20.6. The van der Waals surface area contributed by atoms with Gasteiger partial charge < -0.3 is 24.6 Å². The number of likely N-dealkylation sites (tertiary alicyclic amines) is 1. The van der Waals surface area contributed by atoms with E-state index in [1.54, 1.807) is 16.9 Å². The number of fused-ring (bicyclic) bond motifs is 2. The van der Waals surface area contributed by atoms with Crippen LogP contribution in [0.2, 0.25) is 0 Å². The number of alkyl halides is 5. The van der Waals surface area contributed by atoms with Crippen LogP contribution >= 0.6 is 0 Å². The highest BCUT2D eigenvalue weighted by Gasteiger charge is 2.54. The lowest BCUT2D eigenvalue weighted by atomic mass is 9.80. The number of halogens is 5. The molecule has 4 fully saturated rings. The molecule has 4 aliphatic rings. The molecule has 6 atom stereocenters. The number of amides is 1. The topological polar surface area (TPSA) is 79.8 Å². The van der Waals surface area contributed by atoms with Crippen molar-refractivity contribution in [3.63, 3.8) is 0 Å². The molecule has 1 aliphatic carbocycles. The molecule has 37 heavy (non-hydrogen) atoms. The molecule has 4 heterocycles. The van der Waals surface area contributed by atoms with Gasteiger partial charge in [0.25, 0.3) is 0 Å². The average Bonchev–Trinajstić information content (AvgIpc) is 3.58. The molecule has 3 saturated heterocycles. The maximum atomic E-state index is 13.8. The van der Waals surface area contributed by atoms with E-state index in [0.717, 1.165) is 18.7 Å². The van der Waals surface area contributed by atoms with Gasteiger partial charge in [0.05, 0.1) is 30.2 Å². The first-order chi connectivity index (χ1) is 17.6. The Morgan fingerprint density at radius 1 is 1.30 bits per heavy atom. The summed E-state index contributed by atoms with van der Waals surface area (Å²) in [6.07, 6.45) is -4.17. The molecule has 0 unspecified atom stereocenters. The van der Waals surface area contributed by atoms with E-state index in [2.05, 4.69) is 15.3 Å². The third kappa shape index (κ3) is 5.26. The first kappa shape index (κ1) is 26.5. The van der Waals surface area contributed by atoms with Gasteiger partial charge in [0.2, 0.25) is 18.3 Å². The lowest BCUT2D eigenvalue weighted by molar-refractivity contribution is -0.146. The number of hydrogen-bond donors (Lipinski definition) is 1. The van der Waals surface area contributed by atoms with Crippen LogP contribution in [0.4, 0.5) is 27.9 Å². The Bertz CT molecular complexity index is 984. The van der Waals surface area contributed by atoms with Crippen LogP contribution in [-0.2, 0) is 20.4 Å². The monoisotopic (exact) mass is 533 g/mol. The number of anilines is 1. The molecule has 0 spiro atoms. The first-order valence-electron chi connectivity index (χ1n) is 12.7. The number of rotatable bonds is 7. The van der Waals surface area contributed by atoms with Gasteiger partial charge in [-0.3, -0.25) is 4.79 Å². The van der Waals surface area contributed by atoms with E-state index in [1.165, 1.54) is 0 Å². The standard InChI is InChI=1S/C24H32F5N5O3/c1-36-18-13-37-7-4-17(18)31-14-2-5-23(9-14,10-20(25)26)21(35)33-11-16-8-15(33)12-34(16)22-30-6-3-19(32-22)24(27,28)29/h3,6,14-18,20,31H,2,4-5,7-13H2,1H3/t14-,15-,16-,17-,18+,23-/m0/s1. The summed E-state index contributed by atoms with van der Waals surface area (Å²) in [6.45, 7) is 1.60. The van der Waals surface area contributed by atoms with Crippen molar-refractivity contribution in [2.75, 3.05) is 38.3 Å². The van der Waals surface area contributed by atoms with E-state index in [9.17, 15) is 26.7 Å². The summed E-state index contributed by atoms with van der Waals surface area (Å²) >= 11 is 0. The van der Waals surface area contributed by atoms with Gasteiger partial charge >= 0.3 is 6.18 Å². The molecule has 1 aromatic heterocycles. The molecule has 2 bridgehead atoms. The van der Waals surface area contributed by atoms with Crippen molar-refractivity contribution in [3.8, 4) is 0 Å². The maximum absolute atomic E-state index is 13.8. The molecule has 1 N–H and O–H groups in total. The molecule has 13 heteroatoms. The van der Waals surface area contributed by atoms with Crippen molar-refractivity contribution in [3.05, 3.63) is 18.0 Å². The SMILES string of the molecule is CO[C@@H]1COCC[C@@H]1N[C@H]1CC[C@](CC(F)F)(C(=O)N2C[C@@H]3C[C@H]2CN3c2nccc(C(F)(F)F)n2)C1. The van der Waals surface area contributed by atoms with Gasteiger partial charge in [0.15, 0.2) is 0 Å². The number of carbonyl (C=O) groups is 1. The highest BCUT2D eigenvalue weighted by Crippen LogP contribution is 2.47. The van der Waals surface area contributed by atoms with Crippen LogP contribution in [0, 0.1) is 5.41 Å². The normalized spacial score (nSPS) is 34.1. The molecule has 3 aliphatic heterocycles. The van der Waals surface area contributed by atoms with E-state index in [4.69, 9.17) is 9.47 Å². The van der Waals surface area contributed by atoms with Crippen molar-refractivity contribution in [1.29, 1.82) is 0 Å². The van der Waals surface area contributed by atoms with E-state index >= 15 is 0 Å². The van der Waals surface area contributed by atoms with Crippen LogP contribution in [-0.4, -0.2) is 90.9 Å². The minimum atomic E-state index is -4.58. The summed E-state index contributed by atoms with van der Waals surface area (Å²) in [4.78, 5) is 24.9. The number of hydrogen-bond acceptors (Lipinski definition) is 7. The number of aromatic nitrogens is 2. The second-order valence-electron chi connectivity index (χ2n) is 10.6. The Balaban J connectivity index is 1.27. The molecule has 1 aromatic rings. The molecule has 8 nitrogen and oxygen atoms in total. The largest absolute Gasteiger partial charge is 0.433 e. The second-order valence-corrected chi connectivity index (χ2v) is 10.6. The lowest BCUT2D eigenvalue weighted by Crippen LogP contribution is -2.54. The smallest absolute Gasteiger partial charge is 0.379 e. The van der Waals surface area contributed by atoms with E-state index in [1.807, 2.05) is 0 Å². The number of nitrogens with one attached hydrogen (secondary N) is 1. The third-order valence-corrected chi connectivity index (χ3v) is 8.36. The fourth-order valence-corrected chi connectivity index (χ4v) is 6.58. The van der Waals surface area contributed by atoms with E-state index in [-0.39, 0.29) is 55.2 Å². The number of carbonyl (C=O) groups excluding carboxylic acids is 1. The molecule has 5 rings (SSSR count).